The second-order valence-corrected chi connectivity index (χ2v) is 5.15. The van der Waals surface area contributed by atoms with Crippen LogP contribution >= 0.6 is 15.9 Å². The van der Waals surface area contributed by atoms with Gasteiger partial charge in [-0.15, -0.1) is 0 Å². The van der Waals surface area contributed by atoms with E-state index in [1.807, 2.05) is 38.1 Å². The van der Waals surface area contributed by atoms with E-state index in [9.17, 15) is 5.11 Å². The normalized spacial score (nSPS) is 14.4. The molecule has 0 bridgehead atoms. The molecule has 0 aliphatic rings. The van der Waals surface area contributed by atoms with Gasteiger partial charge in [-0.2, -0.15) is 4.98 Å². The molecule has 4 nitrogen and oxygen atoms in total. The fraction of sp³-hybridized carbons (Fsp3) is 0.385. The van der Waals surface area contributed by atoms with Crippen molar-refractivity contribution in [1.82, 2.24) is 10.1 Å². The molecule has 1 aromatic heterocycles. The van der Waals surface area contributed by atoms with Crippen molar-refractivity contribution in [3.05, 3.63) is 34.6 Å². The van der Waals surface area contributed by atoms with E-state index in [0.29, 0.717) is 18.1 Å². The monoisotopic (exact) mass is 310 g/mol. The summed E-state index contributed by atoms with van der Waals surface area (Å²) in [6, 6.07) is 7.70. The Morgan fingerprint density at radius 3 is 2.89 bits per heavy atom. The van der Waals surface area contributed by atoms with Crippen LogP contribution in [0.15, 0.2) is 33.3 Å². The summed E-state index contributed by atoms with van der Waals surface area (Å²) >= 11 is 3.40. The van der Waals surface area contributed by atoms with Gasteiger partial charge in [0.1, 0.15) is 0 Å². The zero-order valence-corrected chi connectivity index (χ0v) is 11.9. The number of aliphatic hydroxyl groups is 1. The minimum absolute atomic E-state index is 0.150. The molecule has 0 fully saturated rings. The number of rotatable bonds is 4. The van der Waals surface area contributed by atoms with E-state index >= 15 is 0 Å². The number of aliphatic hydroxyl groups excluding tert-OH is 1. The molecule has 0 amide bonds. The maximum atomic E-state index is 9.77. The van der Waals surface area contributed by atoms with E-state index in [1.54, 1.807) is 0 Å². The maximum absolute atomic E-state index is 9.77. The van der Waals surface area contributed by atoms with Gasteiger partial charge in [-0.3, -0.25) is 0 Å². The largest absolute Gasteiger partial charge is 0.392 e. The van der Waals surface area contributed by atoms with Crippen molar-refractivity contribution in [3.63, 3.8) is 0 Å². The fourth-order valence-electron chi connectivity index (χ4n) is 1.68. The predicted octanol–water partition coefficient (Wildman–Crippen LogP) is 3.37. The number of benzene rings is 1. The number of aromatic nitrogens is 2. The van der Waals surface area contributed by atoms with E-state index in [1.165, 1.54) is 0 Å². The molecule has 1 N–H and O–H groups in total. The van der Waals surface area contributed by atoms with Crippen LogP contribution in [0.25, 0.3) is 11.4 Å². The highest BCUT2D eigenvalue weighted by Crippen LogP contribution is 2.24. The third-order valence-electron chi connectivity index (χ3n) is 2.91. The van der Waals surface area contributed by atoms with Crippen LogP contribution in [0.2, 0.25) is 0 Å². The molecule has 2 atom stereocenters. The van der Waals surface area contributed by atoms with Crippen molar-refractivity contribution in [3.8, 4) is 11.4 Å². The third kappa shape index (κ3) is 2.79. The molecule has 0 spiro atoms. The van der Waals surface area contributed by atoms with Gasteiger partial charge >= 0.3 is 0 Å². The zero-order chi connectivity index (χ0) is 13.1. The van der Waals surface area contributed by atoms with Crippen LogP contribution in [-0.2, 0) is 0 Å². The van der Waals surface area contributed by atoms with Gasteiger partial charge in [0.05, 0.1) is 12.0 Å². The summed E-state index contributed by atoms with van der Waals surface area (Å²) in [5, 5.41) is 13.7. The Bertz CT molecular complexity index is 527. The minimum Gasteiger partial charge on any atom is -0.392 e. The highest BCUT2D eigenvalue weighted by atomic mass is 79.9. The summed E-state index contributed by atoms with van der Waals surface area (Å²) in [6.45, 7) is 3.80. The van der Waals surface area contributed by atoms with Crippen molar-refractivity contribution in [2.45, 2.75) is 32.3 Å². The van der Waals surface area contributed by atoms with Crippen molar-refractivity contribution in [1.29, 1.82) is 0 Å². The molecule has 2 rings (SSSR count). The summed E-state index contributed by atoms with van der Waals surface area (Å²) < 4.78 is 6.17. The van der Waals surface area contributed by atoms with Crippen LogP contribution in [-0.4, -0.2) is 21.4 Å². The van der Waals surface area contributed by atoms with Gasteiger partial charge in [0, 0.05) is 10.0 Å². The van der Waals surface area contributed by atoms with E-state index in [-0.39, 0.29) is 5.92 Å². The second kappa shape index (κ2) is 5.63. The molecule has 2 unspecified atom stereocenters. The lowest BCUT2D eigenvalue weighted by atomic mass is 10.0. The van der Waals surface area contributed by atoms with Gasteiger partial charge in [0.15, 0.2) is 0 Å². The molecule has 0 radical (unpaired) electrons. The van der Waals surface area contributed by atoms with E-state index in [0.717, 1.165) is 10.0 Å². The topological polar surface area (TPSA) is 59.2 Å². The molecule has 1 heterocycles. The molecule has 5 heteroatoms. The van der Waals surface area contributed by atoms with Crippen LogP contribution in [0.5, 0.6) is 0 Å². The quantitative estimate of drug-likeness (QED) is 0.940. The molecular formula is C13H15BrN2O2. The average molecular weight is 311 g/mol. The molecular weight excluding hydrogens is 296 g/mol. The lowest BCUT2D eigenvalue weighted by Gasteiger charge is -2.11. The Labute approximate surface area is 114 Å². The maximum Gasteiger partial charge on any atom is 0.232 e. The van der Waals surface area contributed by atoms with Crippen molar-refractivity contribution < 1.29 is 9.63 Å². The molecule has 2 aromatic rings. The van der Waals surface area contributed by atoms with Gasteiger partial charge in [-0.05, 0) is 18.6 Å². The number of nitrogens with zero attached hydrogens (tertiary/aromatic N) is 2. The molecule has 96 valence electrons. The van der Waals surface area contributed by atoms with Crippen molar-refractivity contribution in [2.75, 3.05) is 0 Å². The number of hydrogen-bond acceptors (Lipinski definition) is 4. The molecule has 1 aromatic carbocycles. The fourth-order valence-corrected chi connectivity index (χ4v) is 2.08. The van der Waals surface area contributed by atoms with E-state index in [4.69, 9.17) is 4.52 Å². The Balaban J connectivity index is 2.25. The van der Waals surface area contributed by atoms with E-state index in [2.05, 4.69) is 26.1 Å². The summed E-state index contributed by atoms with van der Waals surface area (Å²) in [7, 11) is 0. The summed E-state index contributed by atoms with van der Waals surface area (Å²) in [6.07, 6.45) is 0.205. The van der Waals surface area contributed by atoms with E-state index < -0.39 is 6.10 Å². The highest BCUT2D eigenvalue weighted by Gasteiger charge is 2.21. The molecule has 0 aliphatic heterocycles. The van der Waals surface area contributed by atoms with Crippen LogP contribution < -0.4 is 0 Å². The van der Waals surface area contributed by atoms with Gasteiger partial charge in [0.2, 0.25) is 11.7 Å². The SMILES string of the molecule is CCC(O)C(C)c1nc(-c2cccc(Br)c2)no1. The van der Waals surface area contributed by atoms with Gasteiger partial charge in [-0.1, -0.05) is 47.1 Å². The third-order valence-corrected chi connectivity index (χ3v) is 3.40. The minimum atomic E-state index is -0.458. The van der Waals surface area contributed by atoms with Gasteiger partial charge in [0.25, 0.3) is 0 Å². The standard InChI is InChI=1S/C13H15BrN2O2/c1-3-11(17)8(2)13-15-12(16-18-13)9-5-4-6-10(14)7-9/h4-8,11,17H,3H2,1-2H3. The Morgan fingerprint density at radius 1 is 1.44 bits per heavy atom. The summed E-state index contributed by atoms with van der Waals surface area (Å²) in [4.78, 5) is 4.33. The second-order valence-electron chi connectivity index (χ2n) is 4.23. The number of halogens is 1. The Kier molecular flexibility index (Phi) is 4.14. The lowest BCUT2D eigenvalue weighted by Crippen LogP contribution is -2.14. The van der Waals surface area contributed by atoms with Crippen molar-refractivity contribution >= 4 is 15.9 Å². The Hall–Kier alpha value is -1.20. The van der Waals surface area contributed by atoms with Crippen LogP contribution in [0.1, 0.15) is 32.1 Å². The summed E-state index contributed by atoms with van der Waals surface area (Å²) in [5.41, 5.74) is 0.887. The first-order valence-electron chi connectivity index (χ1n) is 5.89. The predicted molar refractivity (Wildman–Crippen MR) is 72.1 cm³/mol. The highest BCUT2D eigenvalue weighted by molar-refractivity contribution is 9.10. The first-order chi connectivity index (χ1) is 8.61. The Morgan fingerprint density at radius 2 is 2.22 bits per heavy atom. The molecule has 0 saturated carbocycles. The molecule has 0 saturated heterocycles. The first kappa shape index (κ1) is 13.2. The van der Waals surface area contributed by atoms with Crippen molar-refractivity contribution in [2.24, 2.45) is 0 Å². The lowest BCUT2D eigenvalue weighted by molar-refractivity contribution is 0.129. The van der Waals surface area contributed by atoms with Gasteiger partial charge < -0.3 is 9.63 Å². The molecule has 0 aliphatic carbocycles. The average Bonchev–Trinajstić information content (AvgIpc) is 2.86. The van der Waals surface area contributed by atoms with Crippen LogP contribution in [0.4, 0.5) is 0 Å². The summed E-state index contributed by atoms with van der Waals surface area (Å²) in [5.74, 6) is 0.865. The smallest absolute Gasteiger partial charge is 0.232 e. The molecule has 18 heavy (non-hydrogen) atoms. The zero-order valence-electron chi connectivity index (χ0n) is 10.3. The van der Waals surface area contributed by atoms with Crippen LogP contribution in [0.3, 0.4) is 0 Å². The number of hydrogen-bond donors (Lipinski definition) is 1. The van der Waals surface area contributed by atoms with Crippen LogP contribution in [0, 0.1) is 0 Å². The van der Waals surface area contributed by atoms with Gasteiger partial charge in [-0.25, -0.2) is 0 Å². The first-order valence-corrected chi connectivity index (χ1v) is 6.68.